The monoisotopic (exact) mass is 314 g/mol. The number of hydrogen-bond donors (Lipinski definition) is 1. The van der Waals surface area contributed by atoms with Crippen molar-refractivity contribution in [2.45, 2.75) is 32.4 Å². The van der Waals surface area contributed by atoms with Crippen LogP contribution < -0.4 is 15.8 Å². The highest BCUT2D eigenvalue weighted by molar-refractivity contribution is 6.33. The first-order chi connectivity index (χ1) is 10.2. The molecule has 21 heavy (non-hydrogen) atoms. The highest BCUT2D eigenvalue weighted by atomic mass is 35.5. The minimum absolute atomic E-state index is 0.237. The van der Waals surface area contributed by atoms with Gasteiger partial charge in [-0.05, 0) is 26.3 Å². The first-order valence-corrected chi connectivity index (χ1v) is 7.78. The van der Waals surface area contributed by atoms with Crippen molar-refractivity contribution < 1.29 is 4.74 Å². The van der Waals surface area contributed by atoms with Gasteiger partial charge in [-0.15, -0.1) is 0 Å². The topological polar surface area (TPSA) is 59.4 Å². The number of nitrogens with one attached hydrogen (secondary N) is 1. The molecule has 1 aromatic heterocycles. The van der Waals surface area contributed by atoms with E-state index in [0.29, 0.717) is 31.4 Å². The second-order valence-electron chi connectivity index (χ2n) is 5.20. The van der Waals surface area contributed by atoms with E-state index in [-0.39, 0.29) is 10.6 Å². The molecular formula is C14H23ClN4O2. The highest BCUT2D eigenvalue weighted by Gasteiger charge is 2.21. The van der Waals surface area contributed by atoms with E-state index in [9.17, 15) is 4.79 Å². The first kappa shape index (κ1) is 16.3. The average molecular weight is 315 g/mol. The van der Waals surface area contributed by atoms with Crippen molar-refractivity contribution in [2.75, 3.05) is 38.3 Å². The highest BCUT2D eigenvalue weighted by Crippen LogP contribution is 2.22. The lowest BCUT2D eigenvalue weighted by molar-refractivity contribution is 0.204. The molecule has 0 radical (unpaired) electrons. The van der Waals surface area contributed by atoms with E-state index in [1.165, 1.54) is 11.1 Å². The quantitative estimate of drug-likeness (QED) is 0.817. The zero-order chi connectivity index (χ0) is 15.2. The normalized spacial score (nSPS) is 18.1. The Labute approximate surface area is 130 Å². The van der Waals surface area contributed by atoms with Crippen LogP contribution >= 0.6 is 11.6 Å². The van der Waals surface area contributed by atoms with E-state index < -0.39 is 0 Å². The van der Waals surface area contributed by atoms with E-state index in [2.05, 4.69) is 15.3 Å². The van der Waals surface area contributed by atoms with Crippen LogP contribution in [0.5, 0.6) is 0 Å². The molecule has 1 N–H and O–H groups in total. The van der Waals surface area contributed by atoms with Crippen LogP contribution in [0.4, 0.5) is 5.69 Å². The van der Waals surface area contributed by atoms with Gasteiger partial charge >= 0.3 is 0 Å². The Balaban J connectivity index is 2.22. The van der Waals surface area contributed by atoms with Gasteiger partial charge < -0.3 is 15.0 Å². The van der Waals surface area contributed by atoms with Crippen LogP contribution in [0.2, 0.25) is 5.02 Å². The van der Waals surface area contributed by atoms with E-state index >= 15 is 0 Å². The molecule has 2 rings (SSSR count). The standard InChI is InChI=1S/C14H23ClN4O2/c1-3-19-14(20)13(15)12(9-17-19)18(7-8-21-2)10-11-5-4-6-16-11/h9,11,16H,3-8,10H2,1-2H3. The molecule has 0 aromatic carbocycles. The minimum Gasteiger partial charge on any atom is -0.383 e. The molecule has 1 aromatic rings. The minimum atomic E-state index is -0.238. The van der Waals surface area contributed by atoms with Crippen molar-refractivity contribution in [3.8, 4) is 0 Å². The molecular weight excluding hydrogens is 292 g/mol. The van der Waals surface area contributed by atoms with E-state index in [1.807, 2.05) is 6.92 Å². The van der Waals surface area contributed by atoms with Crippen molar-refractivity contribution in [2.24, 2.45) is 0 Å². The van der Waals surface area contributed by atoms with Gasteiger partial charge in [0, 0.05) is 32.8 Å². The Morgan fingerprint density at radius 1 is 1.62 bits per heavy atom. The maximum Gasteiger partial charge on any atom is 0.287 e. The number of halogens is 1. The predicted octanol–water partition coefficient (Wildman–Crippen LogP) is 1.12. The summed E-state index contributed by atoms with van der Waals surface area (Å²) < 4.78 is 6.53. The van der Waals surface area contributed by atoms with Crippen LogP contribution in [-0.2, 0) is 11.3 Å². The summed E-state index contributed by atoms with van der Waals surface area (Å²) in [5.74, 6) is 0. The van der Waals surface area contributed by atoms with Gasteiger partial charge in [0.15, 0.2) is 0 Å². The Bertz CT molecular complexity index is 514. The van der Waals surface area contributed by atoms with Crippen LogP contribution in [0.1, 0.15) is 19.8 Å². The zero-order valence-electron chi connectivity index (χ0n) is 12.6. The molecule has 1 fully saturated rings. The molecule has 1 saturated heterocycles. The first-order valence-electron chi connectivity index (χ1n) is 7.40. The summed E-state index contributed by atoms with van der Waals surface area (Å²) >= 11 is 6.26. The molecule has 0 aliphatic carbocycles. The maximum atomic E-state index is 12.1. The van der Waals surface area contributed by atoms with Crippen molar-refractivity contribution >= 4 is 17.3 Å². The number of nitrogens with zero attached hydrogens (tertiary/aromatic N) is 3. The largest absolute Gasteiger partial charge is 0.383 e. The zero-order valence-corrected chi connectivity index (χ0v) is 13.4. The number of ether oxygens (including phenoxy) is 1. The molecule has 1 aliphatic rings. The summed E-state index contributed by atoms with van der Waals surface area (Å²) in [6.07, 6.45) is 4.00. The SMILES string of the molecule is CCn1ncc(N(CCOC)CC2CCCN2)c(Cl)c1=O. The average Bonchev–Trinajstić information content (AvgIpc) is 2.99. The fourth-order valence-electron chi connectivity index (χ4n) is 2.59. The van der Waals surface area contributed by atoms with Gasteiger partial charge in [-0.1, -0.05) is 11.6 Å². The number of anilines is 1. The molecule has 118 valence electrons. The van der Waals surface area contributed by atoms with E-state index in [1.54, 1.807) is 13.3 Å². The lowest BCUT2D eigenvalue weighted by Gasteiger charge is -2.28. The number of hydrogen-bond acceptors (Lipinski definition) is 5. The number of rotatable bonds is 7. The van der Waals surface area contributed by atoms with Crippen LogP contribution in [0.15, 0.2) is 11.0 Å². The van der Waals surface area contributed by atoms with Crippen LogP contribution in [0, 0.1) is 0 Å². The summed E-state index contributed by atoms with van der Waals surface area (Å²) in [5, 5.41) is 7.88. The Kier molecular flexibility index (Phi) is 6.02. The summed E-state index contributed by atoms with van der Waals surface area (Å²) in [6, 6.07) is 0.423. The van der Waals surface area contributed by atoms with Gasteiger partial charge in [0.05, 0.1) is 18.5 Å². The van der Waals surface area contributed by atoms with Crippen molar-refractivity contribution in [1.29, 1.82) is 0 Å². The summed E-state index contributed by atoms with van der Waals surface area (Å²) in [7, 11) is 1.67. The molecule has 0 saturated carbocycles. The number of aromatic nitrogens is 2. The molecule has 0 spiro atoms. The lowest BCUT2D eigenvalue weighted by Crippen LogP contribution is -2.40. The maximum absolute atomic E-state index is 12.1. The van der Waals surface area contributed by atoms with Crippen LogP contribution in [0.25, 0.3) is 0 Å². The number of aryl methyl sites for hydroxylation is 1. The van der Waals surface area contributed by atoms with Gasteiger partial charge in [-0.3, -0.25) is 4.79 Å². The Morgan fingerprint density at radius 2 is 2.43 bits per heavy atom. The van der Waals surface area contributed by atoms with Gasteiger partial charge in [0.1, 0.15) is 5.02 Å². The predicted molar refractivity (Wildman–Crippen MR) is 84.3 cm³/mol. The summed E-state index contributed by atoms with van der Waals surface area (Å²) in [4.78, 5) is 14.2. The smallest absolute Gasteiger partial charge is 0.287 e. The molecule has 6 nitrogen and oxygen atoms in total. The summed E-state index contributed by atoms with van der Waals surface area (Å²) in [5.41, 5.74) is 0.454. The van der Waals surface area contributed by atoms with Crippen molar-refractivity contribution in [3.05, 3.63) is 21.6 Å². The molecule has 2 heterocycles. The lowest BCUT2D eigenvalue weighted by atomic mass is 10.2. The van der Waals surface area contributed by atoms with Gasteiger partial charge in [-0.2, -0.15) is 5.10 Å². The Morgan fingerprint density at radius 3 is 3.05 bits per heavy atom. The second-order valence-corrected chi connectivity index (χ2v) is 5.57. The van der Waals surface area contributed by atoms with Gasteiger partial charge in [0.2, 0.25) is 0 Å². The van der Waals surface area contributed by atoms with E-state index in [4.69, 9.17) is 16.3 Å². The molecule has 0 amide bonds. The molecule has 7 heteroatoms. The summed E-state index contributed by atoms with van der Waals surface area (Å²) in [6.45, 7) is 5.51. The van der Waals surface area contributed by atoms with Gasteiger partial charge in [-0.25, -0.2) is 4.68 Å². The fraction of sp³-hybridized carbons (Fsp3) is 0.714. The molecule has 1 atom stereocenters. The fourth-order valence-corrected chi connectivity index (χ4v) is 2.86. The van der Waals surface area contributed by atoms with Crippen LogP contribution in [-0.4, -0.2) is 49.2 Å². The third-order valence-corrected chi connectivity index (χ3v) is 4.13. The van der Waals surface area contributed by atoms with Gasteiger partial charge in [0.25, 0.3) is 5.56 Å². The Hall–Kier alpha value is -1.11. The molecule has 1 unspecified atom stereocenters. The second kappa shape index (κ2) is 7.77. The van der Waals surface area contributed by atoms with E-state index in [0.717, 1.165) is 19.5 Å². The van der Waals surface area contributed by atoms with Crippen molar-refractivity contribution in [3.63, 3.8) is 0 Å². The molecule has 1 aliphatic heterocycles. The van der Waals surface area contributed by atoms with Crippen LogP contribution in [0.3, 0.4) is 0 Å². The number of methoxy groups -OCH3 is 1. The molecule has 0 bridgehead atoms. The third-order valence-electron chi connectivity index (χ3n) is 3.78. The third kappa shape index (κ3) is 3.96. The van der Waals surface area contributed by atoms with Crippen molar-refractivity contribution in [1.82, 2.24) is 15.1 Å².